The molecule has 18 heavy (non-hydrogen) atoms. The van der Waals surface area contributed by atoms with E-state index in [2.05, 4.69) is 4.98 Å². The fourth-order valence-electron chi connectivity index (χ4n) is 1.39. The third kappa shape index (κ3) is 3.06. The van der Waals surface area contributed by atoms with Crippen molar-refractivity contribution in [1.29, 1.82) is 0 Å². The number of aromatic amines is 1. The van der Waals surface area contributed by atoms with E-state index >= 15 is 0 Å². The molecule has 0 radical (unpaired) electrons. The molecule has 0 spiro atoms. The smallest absolute Gasteiger partial charge is 0.396 e. The molecule has 4 N–H and O–H groups in total. The van der Waals surface area contributed by atoms with Gasteiger partial charge in [-0.15, -0.1) is 0 Å². The lowest BCUT2D eigenvalue weighted by Gasteiger charge is -2.19. The predicted molar refractivity (Wildman–Crippen MR) is 52.5 cm³/mol. The summed E-state index contributed by atoms with van der Waals surface area (Å²) >= 11 is 0. The summed E-state index contributed by atoms with van der Waals surface area (Å²) in [6.45, 7) is -0.544. The van der Waals surface area contributed by atoms with Gasteiger partial charge in [0.15, 0.2) is 5.69 Å². The van der Waals surface area contributed by atoms with Crippen LogP contribution in [0.15, 0.2) is 11.1 Å². The number of nitrogens with one attached hydrogen (secondary N) is 1. The van der Waals surface area contributed by atoms with Crippen molar-refractivity contribution in [3.05, 3.63) is 27.9 Å². The quantitative estimate of drug-likeness (QED) is 0.592. The van der Waals surface area contributed by atoms with Crippen LogP contribution in [0.4, 0.5) is 13.2 Å². The lowest BCUT2D eigenvalue weighted by Crippen LogP contribution is -2.30. The van der Waals surface area contributed by atoms with Gasteiger partial charge in [-0.3, -0.25) is 4.79 Å². The minimum Gasteiger partial charge on any atom is -0.396 e. The highest BCUT2D eigenvalue weighted by atomic mass is 19.4. The Kier molecular flexibility index (Phi) is 4.43. The van der Waals surface area contributed by atoms with Crippen LogP contribution >= 0.6 is 0 Å². The second-order valence-electron chi connectivity index (χ2n) is 3.52. The van der Waals surface area contributed by atoms with Crippen LogP contribution in [-0.2, 0) is 6.18 Å². The van der Waals surface area contributed by atoms with E-state index in [-0.39, 0.29) is 6.42 Å². The minimum absolute atomic E-state index is 0.368. The van der Waals surface area contributed by atoms with Crippen molar-refractivity contribution in [2.24, 2.45) is 0 Å². The largest absolute Gasteiger partial charge is 0.433 e. The van der Waals surface area contributed by atoms with Crippen LogP contribution in [0.5, 0.6) is 0 Å². The van der Waals surface area contributed by atoms with E-state index in [4.69, 9.17) is 5.11 Å². The number of aliphatic hydroxyl groups is 3. The average molecular weight is 268 g/mol. The van der Waals surface area contributed by atoms with Crippen LogP contribution in [-0.4, -0.2) is 38.0 Å². The SMILES string of the molecule is O=c1[nH]cnc(C(F)(F)F)c1C(O)C(O)CCO. The maximum absolute atomic E-state index is 12.6. The molecule has 0 amide bonds. The van der Waals surface area contributed by atoms with Gasteiger partial charge in [-0.25, -0.2) is 4.98 Å². The molecule has 0 aromatic carbocycles. The summed E-state index contributed by atoms with van der Waals surface area (Å²) in [6, 6.07) is 0. The maximum Gasteiger partial charge on any atom is 0.433 e. The zero-order valence-corrected chi connectivity index (χ0v) is 8.98. The molecule has 1 heterocycles. The Bertz CT molecular complexity index is 460. The topological polar surface area (TPSA) is 106 Å². The van der Waals surface area contributed by atoms with E-state index in [0.717, 1.165) is 0 Å². The summed E-state index contributed by atoms with van der Waals surface area (Å²) in [5, 5.41) is 27.4. The molecular formula is C9H11F3N2O4. The Balaban J connectivity index is 3.26. The van der Waals surface area contributed by atoms with Crippen LogP contribution in [0.2, 0.25) is 0 Å². The molecule has 1 aromatic rings. The Morgan fingerprint density at radius 1 is 1.39 bits per heavy atom. The van der Waals surface area contributed by atoms with Crippen LogP contribution in [0.3, 0.4) is 0 Å². The van der Waals surface area contributed by atoms with Gasteiger partial charge in [0, 0.05) is 6.61 Å². The fourth-order valence-corrected chi connectivity index (χ4v) is 1.39. The summed E-state index contributed by atoms with van der Waals surface area (Å²) in [5.74, 6) is 0. The molecule has 2 unspecified atom stereocenters. The summed E-state index contributed by atoms with van der Waals surface area (Å²) in [4.78, 5) is 16.2. The predicted octanol–water partition coefficient (Wildman–Crippen LogP) is -0.435. The van der Waals surface area contributed by atoms with Crippen molar-refractivity contribution in [2.75, 3.05) is 6.61 Å². The Morgan fingerprint density at radius 2 is 2.00 bits per heavy atom. The van der Waals surface area contributed by atoms with E-state index in [1.165, 1.54) is 0 Å². The third-order valence-electron chi connectivity index (χ3n) is 2.24. The Morgan fingerprint density at radius 3 is 2.50 bits per heavy atom. The van der Waals surface area contributed by atoms with Crippen molar-refractivity contribution in [3.63, 3.8) is 0 Å². The molecule has 1 rings (SSSR count). The Hall–Kier alpha value is -1.45. The van der Waals surface area contributed by atoms with Crippen molar-refractivity contribution in [2.45, 2.75) is 24.8 Å². The van der Waals surface area contributed by atoms with E-state index in [0.29, 0.717) is 6.33 Å². The molecule has 6 nitrogen and oxygen atoms in total. The molecule has 0 aliphatic heterocycles. The van der Waals surface area contributed by atoms with Crippen LogP contribution < -0.4 is 5.56 Å². The number of alkyl halides is 3. The first kappa shape index (κ1) is 14.6. The van der Waals surface area contributed by atoms with Gasteiger partial charge in [0.1, 0.15) is 6.10 Å². The van der Waals surface area contributed by atoms with Crippen LogP contribution in [0.25, 0.3) is 0 Å². The van der Waals surface area contributed by atoms with E-state index in [9.17, 15) is 28.2 Å². The molecule has 0 saturated heterocycles. The van der Waals surface area contributed by atoms with Gasteiger partial charge in [-0.2, -0.15) is 13.2 Å². The van der Waals surface area contributed by atoms with E-state index < -0.39 is 41.8 Å². The first-order valence-corrected chi connectivity index (χ1v) is 4.90. The van der Waals surface area contributed by atoms with E-state index in [1.54, 1.807) is 0 Å². The van der Waals surface area contributed by atoms with Gasteiger partial charge in [0.25, 0.3) is 5.56 Å². The number of hydrogen-bond acceptors (Lipinski definition) is 5. The van der Waals surface area contributed by atoms with Crippen molar-refractivity contribution in [1.82, 2.24) is 9.97 Å². The van der Waals surface area contributed by atoms with Crippen molar-refractivity contribution in [3.8, 4) is 0 Å². The summed E-state index contributed by atoms with van der Waals surface area (Å²) < 4.78 is 37.7. The first-order valence-electron chi connectivity index (χ1n) is 4.90. The van der Waals surface area contributed by atoms with E-state index in [1.807, 2.05) is 4.98 Å². The molecule has 0 aliphatic carbocycles. The average Bonchev–Trinajstić information content (AvgIpc) is 2.27. The van der Waals surface area contributed by atoms with Gasteiger partial charge in [0.2, 0.25) is 0 Å². The van der Waals surface area contributed by atoms with Gasteiger partial charge in [0.05, 0.1) is 18.0 Å². The molecule has 9 heteroatoms. The lowest BCUT2D eigenvalue weighted by molar-refractivity contribution is -0.144. The summed E-state index contributed by atoms with van der Waals surface area (Å²) in [6.07, 6.45) is -8.51. The molecule has 0 saturated carbocycles. The van der Waals surface area contributed by atoms with Gasteiger partial charge in [-0.05, 0) is 6.42 Å². The summed E-state index contributed by atoms with van der Waals surface area (Å²) in [7, 11) is 0. The van der Waals surface area contributed by atoms with Crippen molar-refractivity contribution < 1.29 is 28.5 Å². The number of aliphatic hydroxyl groups excluding tert-OH is 3. The fraction of sp³-hybridized carbons (Fsp3) is 0.556. The maximum atomic E-state index is 12.6. The zero-order chi connectivity index (χ0) is 13.9. The zero-order valence-electron chi connectivity index (χ0n) is 8.98. The molecule has 1 aromatic heterocycles. The molecule has 2 atom stereocenters. The second kappa shape index (κ2) is 5.46. The molecule has 0 bridgehead atoms. The molecular weight excluding hydrogens is 257 g/mol. The number of rotatable bonds is 4. The van der Waals surface area contributed by atoms with Gasteiger partial charge >= 0.3 is 6.18 Å². The van der Waals surface area contributed by atoms with Crippen LogP contribution in [0.1, 0.15) is 23.8 Å². The normalized spacial score (nSPS) is 15.4. The molecule has 102 valence electrons. The second-order valence-corrected chi connectivity index (χ2v) is 3.52. The third-order valence-corrected chi connectivity index (χ3v) is 2.24. The molecule has 0 aliphatic rings. The highest BCUT2D eigenvalue weighted by molar-refractivity contribution is 5.22. The Labute approximate surface area is 98.7 Å². The highest BCUT2D eigenvalue weighted by Crippen LogP contribution is 2.32. The standard InChI is InChI=1S/C9H11F3N2O4/c10-9(11,12)7-5(8(18)14-3-13-7)6(17)4(16)1-2-15/h3-4,6,15-17H,1-2H2,(H,13,14,18). The number of nitrogens with zero attached hydrogens (tertiary/aromatic N) is 1. The van der Waals surface area contributed by atoms with Gasteiger partial charge in [-0.1, -0.05) is 0 Å². The highest BCUT2D eigenvalue weighted by Gasteiger charge is 2.39. The number of hydrogen-bond donors (Lipinski definition) is 4. The minimum atomic E-state index is -4.93. The molecule has 0 fully saturated rings. The summed E-state index contributed by atoms with van der Waals surface area (Å²) in [5.41, 5.74) is -3.82. The van der Waals surface area contributed by atoms with Gasteiger partial charge < -0.3 is 20.3 Å². The monoisotopic (exact) mass is 268 g/mol. The lowest BCUT2D eigenvalue weighted by atomic mass is 10.0. The number of H-pyrrole nitrogens is 1. The number of aromatic nitrogens is 2. The van der Waals surface area contributed by atoms with Crippen molar-refractivity contribution >= 4 is 0 Å². The first-order chi connectivity index (χ1) is 8.29. The van der Waals surface area contributed by atoms with Crippen LogP contribution in [0, 0.1) is 0 Å². The number of halogens is 3.